The van der Waals surface area contributed by atoms with Gasteiger partial charge in [-0.05, 0) is 31.4 Å². The summed E-state index contributed by atoms with van der Waals surface area (Å²) in [6.07, 6.45) is 7.10. The number of imide groups is 1. The average Bonchev–Trinajstić information content (AvgIpc) is 2.59. The second-order valence-electron chi connectivity index (χ2n) is 6.31. The van der Waals surface area contributed by atoms with Gasteiger partial charge in [-0.1, -0.05) is 19.8 Å². The van der Waals surface area contributed by atoms with Gasteiger partial charge in [-0.2, -0.15) is 0 Å². The van der Waals surface area contributed by atoms with Gasteiger partial charge in [0.05, 0.1) is 17.8 Å². The monoisotopic (exact) mass is 330 g/mol. The van der Waals surface area contributed by atoms with Crippen molar-refractivity contribution < 1.29 is 14.4 Å². The maximum Gasteiger partial charge on any atom is 0.325 e. The average molecular weight is 330 g/mol. The van der Waals surface area contributed by atoms with Gasteiger partial charge in [-0.25, -0.2) is 4.79 Å². The highest BCUT2D eigenvalue weighted by Crippen LogP contribution is 2.30. The van der Waals surface area contributed by atoms with Gasteiger partial charge < -0.3 is 10.6 Å². The van der Waals surface area contributed by atoms with Gasteiger partial charge in [0, 0.05) is 12.2 Å². The van der Waals surface area contributed by atoms with Crippen LogP contribution in [0.4, 0.5) is 10.5 Å². The lowest BCUT2D eigenvalue weighted by Crippen LogP contribution is -2.64. The summed E-state index contributed by atoms with van der Waals surface area (Å²) < 4.78 is 0. The zero-order chi connectivity index (χ0) is 17.1. The number of amides is 4. The third-order valence-corrected chi connectivity index (χ3v) is 4.78. The van der Waals surface area contributed by atoms with Crippen LogP contribution in [-0.2, 0) is 9.59 Å². The largest absolute Gasteiger partial charge is 0.334 e. The second-order valence-corrected chi connectivity index (χ2v) is 6.31. The molecule has 2 fully saturated rings. The molecular formula is C17H22N4O3. The van der Waals surface area contributed by atoms with Gasteiger partial charge in [0.15, 0.2) is 0 Å². The van der Waals surface area contributed by atoms with E-state index >= 15 is 0 Å². The Morgan fingerprint density at radius 3 is 2.92 bits per heavy atom. The van der Waals surface area contributed by atoms with Crippen LogP contribution >= 0.6 is 0 Å². The van der Waals surface area contributed by atoms with Crippen molar-refractivity contribution in [3.8, 4) is 0 Å². The van der Waals surface area contributed by atoms with Crippen LogP contribution in [0.15, 0.2) is 24.5 Å². The van der Waals surface area contributed by atoms with Gasteiger partial charge in [-0.15, -0.1) is 0 Å². The zero-order valence-electron chi connectivity index (χ0n) is 13.7. The maximum absolute atomic E-state index is 12.8. The first-order chi connectivity index (χ1) is 11.6. The fourth-order valence-electron chi connectivity index (χ4n) is 3.55. The second kappa shape index (κ2) is 6.98. The van der Waals surface area contributed by atoms with Crippen LogP contribution in [0.25, 0.3) is 0 Å². The Kier molecular flexibility index (Phi) is 4.78. The fourth-order valence-corrected chi connectivity index (χ4v) is 3.55. The minimum absolute atomic E-state index is 0.0890. The number of hydrogen-bond acceptors (Lipinski definition) is 4. The first kappa shape index (κ1) is 16.4. The highest BCUT2D eigenvalue weighted by atomic mass is 16.2. The van der Waals surface area contributed by atoms with Gasteiger partial charge in [0.2, 0.25) is 11.8 Å². The van der Waals surface area contributed by atoms with Crippen molar-refractivity contribution in [1.29, 1.82) is 0 Å². The van der Waals surface area contributed by atoms with Crippen molar-refractivity contribution in [1.82, 2.24) is 15.2 Å². The molecule has 2 N–H and O–H groups in total. The first-order valence-corrected chi connectivity index (χ1v) is 8.46. The summed E-state index contributed by atoms with van der Waals surface area (Å²) in [5.41, 5.74) is 0.543. The summed E-state index contributed by atoms with van der Waals surface area (Å²) in [7, 11) is 0. The topological polar surface area (TPSA) is 91.4 Å². The maximum atomic E-state index is 12.8. The minimum Gasteiger partial charge on any atom is -0.334 e. The molecule has 7 heteroatoms. The molecule has 128 valence electrons. The predicted octanol–water partition coefficient (Wildman–Crippen LogP) is 1.91. The van der Waals surface area contributed by atoms with Crippen molar-refractivity contribution in [2.75, 3.05) is 5.32 Å². The van der Waals surface area contributed by atoms with E-state index < -0.39 is 12.1 Å². The standard InChI is InChI=1S/C17H22N4O3/c1-2-14(15(22)19-11-6-5-9-18-10-11)21-16(23)12-7-3-4-8-13(12)20-17(21)24/h5-6,9-10,12-14H,2-4,7-8H2,1H3,(H,19,22)(H,20,24). The number of pyridine rings is 1. The molecule has 24 heavy (non-hydrogen) atoms. The summed E-state index contributed by atoms with van der Waals surface area (Å²) in [6, 6.07) is 2.06. The highest BCUT2D eigenvalue weighted by Gasteiger charge is 2.45. The summed E-state index contributed by atoms with van der Waals surface area (Å²) in [5.74, 6) is -0.809. The first-order valence-electron chi connectivity index (χ1n) is 8.46. The van der Waals surface area contributed by atoms with E-state index in [1.165, 1.54) is 6.20 Å². The molecule has 3 unspecified atom stereocenters. The number of fused-ring (bicyclic) bond motifs is 1. The predicted molar refractivity (Wildman–Crippen MR) is 88.1 cm³/mol. The van der Waals surface area contributed by atoms with Crippen LogP contribution in [-0.4, -0.2) is 39.8 Å². The number of carbonyl (C=O) groups is 3. The fraction of sp³-hybridized carbons (Fsp3) is 0.529. The minimum atomic E-state index is -0.819. The van der Waals surface area contributed by atoms with Crippen LogP contribution in [0.1, 0.15) is 39.0 Å². The number of nitrogens with zero attached hydrogens (tertiary/aromatic N) is 2. The molecule has 1 aliphatic carbocycles. The number of carbonyl (C=O) groups excluding carboxylic acids is 3. The van der Waals surface area contributed by atoms with E-state index in [4.69, 9.17) is 0 Å². The highest BCUT2D eigenvalue weighted by molar-refractivity contribution is 6.05. The molecule has 7 nitrogen and oxygen atoms in total. The Morgan fingerprint density at radius 2 is 2.21 bits per heavy atom. The molecule has 1 aliphatic heterocycles. The number of urea groups is 1. The van der Waals surface area contributed by atoms with Crippen LogP contribution in [0.2, 0.25) is 0 Å². The van der Waals surface area contributed by atoms with Crippen LogP contribution in [0.3, 0.4) is 0 Å². The molecule has 3 rings (SSSR count). The van der Waals surface area contributed by atoms with Crippen molar-refractivity contribution in [2.45, 2.75) is 51.1 Å². The van der Waals surface area contributed by atoms with E-state index in [0.717, 1.165) is 30.6 Å². The third kappa shape index (κ3) is 3.11. The molecule has 0 aromatic carbocycles. The molecule has 1 aromatic heterocycles. The summed E-state index contributed by atoms with van der Waals surface area (Å²) in [6.45, 7) is 1.79. The normalized spacial score (nSPS) is 24.8. The molecule has 4 amide bonds. The molecule has 1 aromatic rings. The Morgan fingerprint density at radius 1 is 1.42 bits per heavy atom. The lowest BCUT2D eigenvalue weighted by Gasteiger charge is -2.42. The van der Waals surface area contributed by atoms with E-state index in [1.54, 1.807) is 25.3 Å². The SMILES string of the molecule is CCC(C(=O)Nc1cccnc1)N1C(=O)NC2CCCCC2C1=O. The van der Waals surface area contributed by atoms with E-state index in [-0.39, 0.29) is 23.8 Å². The quantitative estimate of drug-likeness (QED) is 0.882. The lowest BCUT2D eigenvalue weighted by molar-refractivity contribution is -0.142. The Hall–Kier alpha value is -2.44. The number of nitrogens with one attached hydrogen (secondary N) is 2. The molecule has 1 saturated carbocycles. The smallest absolute Gasteiger partial charge is 0.325 e. The van der Waals surface area contributed by atoms with E-state index in [0.29, 0.717) is 12.1 Å². The lowest BCUT2D eigenvalue weighted by atomic mass is 9.82. The molecule has 2 aliphatic rings. The number of hydrogen-bond donors (Lipinski definition) is 2. The van der Waals surface area contributed by atoms with Crippen LogP contribution < -0.4 is 10.6 Å². The molecular weight excluding hydrogens is 308 g/mol. The molecule has 0 bridgehead atoms. The van der Waals surface area contributed by atoms with E-state index in [1.807, 2.05) is 0 Å². The number of rotatable bonds is 4. The Bertz CT molecular complexity index is 634. The van der Waals surface area contributed by atoms with E-state index in [2.05, 4.69) is 15.6 Å². The number of aromatic nitrogens is 1. The summed E-state index contributed by atoms with van der Waals surface area (Å²) in [5, 5.41) is 5.63. The Labute approximate surface area is 140 Å². The Balaban J connectivity index is 1.77. The molecule has 3 atom stereocenters. The van der Waals surface area contributed by atoms with Gasteiger partial charge in [0.1, 0.15) is 6.04 Å². The van der Waals surface area contributed by atoms with Crippen LogP contribution in [0.5, 0.6) is 0 Å². The summed E-state index contributed by atoms with van der Waals surface area (Å²) in [4.78, 5) is 42.9. The molecule has 1 saturated heterocycles. The number of anilines is 1. The van der Waals surface area contributed by atoms with Gasteiger partial charge in [-0.3, -0.25) is 19.5 Å². The van der Waals surface area contributed by atoms with Gasteiger partial charge >= 0.3 is 6.03 Å². The molecule has 2 heterocycles. The zero-order valence-corrected chi connectivity index (χ0v) is 13.7. The van der Waals surface area contributed by atoms with Crippen molar-refractivity contribution >= 4 is 23.5 Å². The van der Waals surface area contributed by atoms with E-state index in [9.17, 15) is 14.4 Å². The van der Waals surface area contributed by atoms with Crippen LogP contribution in [0, 0.1) is 5.92 Å². The molecule has 0 spiro atoms. The van der Waals surface area contributed by atoms with Crippen molar-refractivity contribution in [2.24, 2.45) is 5.92 Å². The summed E-state index contributed by atoms with van der Waals surface area (Å²) >= 11 is 0. The van der Waals surface area contributed by atoms with Crippen molar-refractivity contribution in [3.05, 3.63) is 24.5 Å². The molecule has 0 radical (unpaired) electrons. The van der Waals surface area contributed by atoms with Gasteiger partial charge in [0.25, 0.3) is 0 Å². The third-order valence-electron chi connectivity index (χ3n) is 4.78. The van der Waals surface area contributed by atoms with Crippen molar-refractivity contribution in [3.63, 3.8) is 0 Å².